The van der Waals surface area contributed by atoms with Crippen molar-refractivity contribution in [2.75, 3.05) is 7.11 Å². The number of methoxy groups -OCH3 is 1. The van der Waals surface area contributed by atoms with Crippen molar-refractivity contribution in [1.82, 2.24) is 0 Å². The maximum atomic E-state index is 12.7. The third-order valence-electron chi connectivity index (χ3n) is 4.85. The topological polar surface area (TPSA) is 27.7 Å². The van der Waals surface area contributed by atoms with E-state index in [1.807, 2.05) is 61.0 Å². The van der Waals surface area contributed by atoms with Crippen LogP contribution in [0.5, 0.6) is 17.2 Å². The molecule has 0 aromatic heterocycles. The molecule has 0 N–H and O–H groups in total. The Morgan fingerprint density at radius 2 is 1.56 bits per heavy atom. The van der Waals surface area contributed by atoms with Crippen molar-refractivity contribution in [1.29, 1.82) is 0 Å². The number of halogens is 3. The highest BCUT2D eigenvalue weighted by atomic mass is 19.4. The van der Waals surface area contributed by atoms with Crippen molar-refractivity contribution in [3.63, 3.8) is 0 Å². The molecule has 0 bridgehead atoms. The number of allylic oxidation sites excluding steroid dienone is 3. The molecule has 4 rings (SSSR count). The van der Waals surface area contributed by atoms with E-state index in [4.69, 9.17) is 9.47 Å². The van der Waals surface area contributed by atoms with Crippen LogP contribution in [0.4, 0.5) is 13.2 Å². The molecule has 3 aromatic rings. The van der Waals surface area contributed by atoms with Gasteiger partial charge in [0.25, 0.3) is 0 Å². The fourth-order valence-corrected chi connectivity index (χ4v) is 3.46. The molecule has 3 aromatic carbocycles. The molecule has 0 amide bonds. The lowest BCUT2D eigenvalue weighted by atomic mass is 9.89. The second kappa shape index (κ2) is 9.22. The molecule has 163 valence electrons. The van der Waals surface area contributed by atoms with Crippen LogP contribution in [-0.2, 0) is 0 Å². The fraction of sp³-hybridized carbons (Fsp3) is 0.115. The van der Waals surface area contributed by atoms with Crippen molar-refractivity contribution in [3.05, 3.63) is 103 Å². The van der Waals surface area contributed by atoms with Gasteiger partial charge < -0.3 is 14.2 Å². The van der Waals surface area contributed by atoms with Crippen LogP contribution in [-0.4, -0.2) is 13.5 Å². The highest BCUT2D eigenvalue weighted by molar-refractivity contribution is 5.87. The smallest absolute Gasteiger partial charge is 0.497 e. The van der Waals surface area contributed by atoms with Crippen molar-refractivity contribution >= 4 is 5.57 Å². The van der Waals surface area contributed by atoms with E-state index in [1.165, 1.54) is 18.2 Å². The maximum absolute atomic E-state index is 12.7. The number of benzene rings is 3. The van der Waals surface area contributed by atoms with Gasteiger partial charge in [0.2, 0.25) is 0 Å². The molecular weight excluding hydrogens is 417 g/mol. The van der Waals surface area contributed by atoms with Crippen LogP contribution < -0.4 is 14.2 Å². The number of hydrogen-bond acceptors (Lipinski definition) is 3. The molecule has 1 aliphatic rings. The number of rotatable bonds is 6. The Balaban J connectivity index is 1.71. The Morgan fingerprint density at radius 3 is 2.31 bits per heavy atom. The average Bonchev–Trinajstić information content (AvgIpc) is 2.78. The minimum absolute atomic E-state index is 0.279. The highest BCUT2D eigenvalue weighted by Crippen LogP contribution is 2.38. The van der Waals surface area contributed by atoms with Crippen LogP contribution in [0.2, 0.25) is 0 Å². The summed E-state index contributed by atoms with van der Waals surface area (Å²) < 4.78 is 53.6. The summed E-state index contributed by atoms with van der Waals surface area (Å²) >= 11 is 0. The van der Waals surface area contributed by atoms with Gasteiger partial charge in [-0.1, -0.05) is 36.4 Å². The van der Waals surface area contributed by atoms with E-state index in [0.717, 1.165) is 22.4 Å². The van der Waals surface area contributed by atoms with Crippen LogP contribution in [0.1, 0.15) is 12.0 Å². The lowest BCUT2D eigenvalue weighted by Gasteiger charge is -2.19. The van der Waals surface area contributed by atoms with E-state index in [-0.39, 0.29) is 5.75 Å². The third kappa shape index (κ3) is 5.32. The number of alkyl halides is 3. The lowest BCUT2D eigenvalue weighted by molar-refractivity contribution is -0.274. The van der Waals surface area contributed by atoms with Gasteiger partial charge >= 0.3 is 6.36 Å². The summed E-state index contributed by atoms with van der Waals surface area (Å²) in [6.07, 6.45) is 1.83. The van der Waals surface area contributed by atoms with Crippen LogP contribution in [0.15, 0.2) is 90.7 Å². The molecule has 0 heterocycles. The van der Waals surface area contributed by atoms with E-state index in [9.17, 15) is 13.2 Å². The Hall–Kier alpha value is -3.67. The summed E-state index contributed by atoms with van der Waals surface area (Å²) in [4.78, 5) is 0. The molecule has 1 aliphatic carbocycles. The van der Waals surface area contributed by atoms with E-state index in [1.54, 1.807) is 19.2 Å². The van der Waals surface area contributed by atoms with Gasteiger partial charge in [-0.2, -0.15) is 0 Å². The lowest BCUT2D eigenvalue weighted by Crippen LogP contribution is -2.17. The van der Waals surface area contributed by atoms with Gasteiger partial charge in [-0.15, -0.1) is 13.2 Å². The SMILES string of the molecule is COc1ccc(C2=CC(Oc3ccccc3)=CC[CH]2)c(-c2cccc(OC(F)(F)F)c2)c1. The van der Waals surface area contributed by atoms with Gasteiger partial charge in [0.05, 0.1) is 7.11 Å². The minimum Gasteiger partial charge on any atom is -0.497 e. The normalized spacial score (nSPS) is 13.8. The summed E-state index contributed by atoms with van der Waals surface area (Å²) in [7, 11) is 1.54. The second-order valence-corrected chi connectivity index (χ2v) is 7.05. The minimum atomic E-state index is -4.76. The Bertz CT molecular complexity index is 1150. The van der Waals surface area contributed by atoms with Crippen molar-refractivity contribution in [2.24, 2.45) is 0 Å². The summed E-state index contributed by atoms with van der Waals surface area (Å²) in [5.41, 5.74) is 3.05. The molecular formula is C26H20F3O3. The molecule has 32 heavy (non-hydrogen) atoms. The average molecular weight is 437 g/mol. The van der Waals surface area contributed by atoms with Crippen LogP contribution >= 0.6 is 0 Å². The number of ether oxygens (including phenoxy) is 3. The van der Waals surface area contributed by atoms with Crippen molar-refractivity contribution in [3.8, 4) is 28.4 Å². The molecule has 0 fully saturated rings. The van der Waals surface area contributed by atoms with Gasteiger partial charge in [-0.25, -0.2) is 0 Å². The summed E-state index contributed by atoms with van der Waals surface area (Å²) in [6.45, 7) is 0. The predicted octanol–water partition coefficient (Wildman–Crippen LogP) is 7.22. The molecule has 0 saturated heterocycles. The first-order chi connectivity index (χ1) is 15.4. The molecule has 3 nitrogen and oxygen atoms in total. The fourth-order valence-electron chi connectivity index (χ4n) is 3.46. The molecule has 6 heteroatoms. The van der Waals surface area contributed by atoms with E-state index in [2.05, 4.69) is 4.74 Å². The zero-order chi connectivity index (χ0) is 22.6. The largest absolute Gasteiger partial charge is 0.573 e. The highest BCUT2D eigenvalue weighted by Gasteiger charge is 2.31. The standard InChI is InChI=1S/C26H20F3O3/c1-30-21-13-14-24(18-7-5-11-22(15-18)31-20-9-3-2-4-10-20)25(17-21)19-8-6-12-23(16-19)32-26(27,28)29/h2-4,6-17H,5H2,1H3. The Morgan fingerprint density at radius 1 is 0.781 bits per heavy atom. The first-order valence-corrected chi connectivity index (χ1v) is 9.94. The molecule has 0 saturated carbocycles. The van der Waals surface area contributed by atoms with Crippen LogP contribution in [0.25, 0.3) is 16.7 Å². The predicted molar refractivity (Wildman–Crippen MR) is 117 cm³/mol. The zero-order valence-electron chi connectivity index (χ0n) is 17.2. The number of hydrogen-bond donors (Lipinski definition) is 0. The molecule has 0 spiro atoms. The zero-order valence-corrected chi connectivity index (χ0v) is 17.2. The maximum Gasteiger partial charge on any atom is 0.573 e. The number of para-hydroxylation sites is 1. The Labute approximate surface area is 184 Å². The summed E-state index contributed by atoms with van der Waals surface area (Å²) in [5.74, 6) is 1.74. The van der Waals surface area contributed by atoms with Crippen LogP contribution in [0, 0.1) is 6.42 Å². The molecule has 0 atom stereocenters. The summed E-state index contributed by atoms with van der Waals surface area (Å²) in [5, 5.41) is 0. The molecule has 0 aliphatic heterocycles. The van der Waals surface area contributed by atoms with Gasteiger partial charge in [0.15, 0.2) is 0 Å². The van der Waals surface area contributed by atoms with Gasteiger partial charge in [0, 0.05) is 0 Å². The van der Waals surface area contributed by atoms with E-state index >= 15 is 0 Å². The molecule has 0 unspecified atom stereocenters. The molecule has 1 radical (unpaired) electrons. The first-order valence-electron chi connectivity index (χ1n) is 9.94. The Kier molecular flexibility index (Phi) is 6.21. The van der Waals surface area contributed by atoms with Gasteiger partial charge in [-0.05, 0) is 83.7 Å². The monoisotopic (exact) mass is 437 g/mol. The van der Waals surface area contributed by atoms with Gasteiger partial charge in [-0.3, -0.25) is 0 Å². The van der Waals surface area contributed by atoms with Crippen molar-refractivity contribution < 1.29 is 27.4 Å². The van der Waals surface area contributed by atoms with Crippen LogP contribution in [0.3, 0.4) is 0 Å². The van der Waals surface area contributed by atoms with Crippen molar-refractivity contribution in [2.45, 2.75) is 12.8 Å². The first kappa shape index (κ1) is 21.6. The third-order valence-corrected chi connectivity index (χ3v) is 4.85. The van der Waals surface area contributed by atoms with E-state index < -0.39 is 6.36 Å². The van der Waals surface area contributed by atoms with Gasteiger partial charge in [0.1, 0.15) is 23.0 Å². The van der Waals surface area contributed by atoms with E-state index in [0.29, 0.717) is 23.5 Å². The second-order valence-electron chi connectivity index (χ2n) is 7.05. The quantitative estimate of drug-likeness (QED) is 0.408. The summed E-state index contributed by atoms with van der Waals surface area (Å²) in [6, 6.07) is 20.9.